The van der Waals surface area contributed by atoms with Crippen LogP contribution in [-0.4, -0.2) is 5.11 Å². The standard InChI is InChI=1S/C16H17FO2/c1-11-3-5-13(6-4-11)10-19-16-8-7-14(12(2)18)9-15(16)17/h3-9,12,18H,10H2,1-2H3/t12-/m0/s1. The second-order valence-corrected chi connectivity index (χ2v) is 4.64. The lowest BCUT2D eigenvalue weighted by Gasteiger charge is -2.10. The second-order valence-electron chi connectivity index (χ2n) is 4.64. The Labute approximate surface area is 112 Å². The summed E-state index contributed by atoms with van der Waals surface area (Å²) in [6.07, 6.45) is -0.680. The summed E-state index contributed by atoms with van der Waals surface area (Å²) in [7, 11) is 0. The number of rotatable bonds is 4. The van der Waals surface area contributed by atoms with Gasteiger partial charge < -0.3 is 9.84 Å². The summed E-state index contributed by atoms with van der Waals surface area (Å²) in [6.45, 7) is 3.94. The van der Waals surface area contributed by atoms with Crippen LogP contribution in [0.4, 0.5) is 4.39 Å². The van der Waals surface area contributed by atoms with E-state index >= 15 is 0 Å². The van der Waals surface area contributed by atoms with Crippen molar-refractivity contribution in [2.24, 2.45) is 0 Å². The van der Waals surface area contributed by atoms with Gasteiger partial charge in [-0.3, -0.25) is 0 Å². The van der Waals surface area contributed by atoms with E-state index in [0.29, 0.717) is 12.2 Å². The summed E-state index contributed by atoms with van der Waals surface area (Å²) in [5.74, 6) is -0.254. The largest absolute Gasteiger partial charge is 0.486 e. The second kappa shape index (κ2) is 5.85. The minimum atomic E-state index is -0.680. The Morgan fingerprint density at radius 1 is 1.16 bits per heavy atom. The van der Waals surface area contributed by atoms with Crippen LogP contribution in [0.3, 0.4) is 0 Å². The topological polar surface area (TPSA) is 29.5 Å². The van der Waals surface area contributed by atoms with E-state index in [1.165, 1.54) is 11.6 Å². The van der Waals surface area contributed by atoms with Gasteiger partial charge in [-0.15, -0.1) is 0 Å². The van der Waals surface area contributed by atoms with Gasteiger partial charge in [0.25, 0.3) is 0 Å². The molecule has 0 aromatic heterocycles. The fourth-order valence-electron chi connectivity index (χ4n) is 1.74. The van der Waals surface area contributed by atoms with Crippen LogP contribution in [0.5, 0.6) is 5.75 Å². The van der Waals surface area contributed by atoms with E-state index in [-0.39, 0.29) is 5.75 Å². The van der Waals surface area contributed by atoms with Crippen molar-refractivity contribution in [1.29, 1.82) is 0 Å². The molecule has 1 atom stereocenters. The number of hydrogen-bond donors (Lipinski definition) is 1. The lowest BCUT2D eigenvalue weighted by atomic mass is 10.1. The van der Waals surface area contributed by atoms with Gasteiger partial charge >= 0.3 is 0 Å². The first kappa shape index (κ1) is 13.6. The lowest BCUT2D eigenvalue weighted by Crippen LogP contribution is -1.99. The van der Waals surface area contributed by atoms with Gasteiger partial charge in [0.1, 0.15) is 6.61 Å². The van der Waals surface area contributed by atoms with E-state index in [1.807, 2.05) is 31.2 Å². The van der Waals surface area contributed by atoms with Gasteiger partial charge in [0.15, 0.2) is 11.6 Å². The van der Waals surface area contributed by atoms with E-state index in [1.54, 1.807) is 19.1 Å². The average molecular weight is 260 g/mol. The highest BCUT2D eigenvalue weighted by Gasteiger charge is 2.08. The maximum absolute atomic E-state index is 13.7. The zero-order chi connectivity index (χ0) is 13.8. The highest BCUT2D eigenvalue weighted by Crippen LogP contribution is 2.22. The van der Waals surface area contributed by atoms with E-state index in [9.17, 15) is 9.50 Å². The lowest BCUT2D eigenvalue weighted by molar-refractivity contribution is 0.198. The molecule has 2 nitrogen and oxygen atoms in total. The number of aliphatic hydroxyl groups is 1. The summed E-state index contributed by atoms with van der Waals surface area (Å²) < 4.78 is 19.2. The highest BCUT2D eigenvalue weighted by molar-refractivity contribution is 5.31. The molecule has 0 aliphatic carbocycles. The molecule has 0 fully saturated rings. The molecule has 2 rings (SSSR count). The van der Waals surface area contributed by atoms with Crippen molar-refractivity contribution in [2.75, 3.05) is 0 Å². The minimum Gasteiger partial charge on any atom is -0.486 e. The van der Waals surface area contributed by atoms with E-state index < -0.39 is 11.9 Å². The van der Waals surface area contributed by atoms with Crippen LogP contribution in [0.1, 0.15) is 29.7 Å². The average Bonchev–Trinajstić information content (AvgIpc) is 2.39. The normalized spacial score (nSPS) is 12.2. The predicted octanol–water partition coefficient (Wildman–Crippen LogP) is 3.77. The molecular weight excluding hydrogens is 243 g/mol. The first-order valence-electron chi connectivity index (χ1n) is 6.22. The summed E-state index contributed by atoms with van der Waals surface area (Å²) >= 11 is 0. The number of aryl methyl sites for hydroxylation is 1. The molecule has 0 saturated heterocycles. The first-order valence-corrected chi connectivity index (χ1v) is 6.22. The van der Waals surface area contributed by atoms with Crippen molar-refractivity contribution >= 4 is 0 Å². The van der Waals surface area contributed by atoms with Crippen LogP contribution in [0.2, 0.25) is 0 Å². The van der Waals surface area contributed by atoms with Crippen LogP contribution in [0.25, 0.3) is 0 Å². The third kappa shape index (κ3) is 3.55. The molecule has 0 amide bonds. The van der Waals surface area contributed by atoms with Crippen LogP contribution in [0.15, 0.2) is 42.5 Å². The molecule has 19 heavy (non-hydrogen) atoms. The summed E-state index contributed by atoms with van der Waals surface area (Å²) in [5.41, 5.74) is 2.71. The number of aliphatic hydroxyl groups excluding tert-OH is 1. The Kier molecular flexibility index (Phi) is 4.17. The van der Waals surface area contributed by atoms with Crippen molar-refractivity contribution in [3.05, 3.63) is 65.0 Å². The molecular formula is C16H17FO2. The molecule has 0 radical (unpaired) electrons. The molecule has 0 aliphatic rings. The molecule has 0 bridgehead atoms. The van der Waals surface area contributed by atoms with E-state index in [4.69, 9.17) is 4.74 Å². The van der Waals surface area contributed by atoms with Gasteiger partial charge in [0.05, 0.1) is 6.10 Å². The predicted molar refractivity (Wildman–Crippen MR) is 72.5 cm³/mol. The van der Waals surface area contributed by atoms with Crippen LogP contribution < -0.4 is 4.74 Å². The molecule has 0 unspecified atom stereocenters. The monoisotopic (exact) mass is 260 g/mol. The molecule has 0 saturated carbocycles. The van der Waals surface area contributed by atoms with E-state index in [2.05, 4.69) is 0 Å². The maximum atomic E-state index is 13.7. The molecule has 1 N–H and O–H groups in total. The van der Waals surface area contributed by atoms with Gasteiger partial charge in [-0.2, -0.15) is 0 Å². The zero-order valence-electron chi connectivity index (χ0n) is 11.1. The minimum absolute atomic E-state index is 0.199. The Morgan fingerprint density at radius 3 is 2.42 bits per heavy atom. The first-order chi connectivity index (χ1) is 9.06. The van der Waals surface area contributed by atoms with Crippen molar-refractivity contribution in [3.63, 3.8) is 0 Å². The molecule has 3 heteroatoms. The fourth-order valence-corrected chi connectivity index (χ4v) is 1.74. The van der Waals surface area contributed by atoms with Crippen molar-refractivity contribution in [2.45, 2.75) is 26.6 Å². The van der Waals surface area contributed by atoms with Crippen molar-refractivity contribution < 1.29 is 14.2 Å². The van der Waals surface area contributed by atoms with E-state index in [0.717, 1.165) is 5.56 Å². The third-order valence-electron chi connectivity index (χ3n) is 2.95. The Morgan fingerprint density at radius 2 is 1.84 bits per heavy atom. The fraction of sp³-hybridized carbons (Fsp3) is 0.250. The Bertz CT molecular complexity index is 547. The van der Waals surface area contributed by atoms with Crippen molar-refractivity contribution in [3.8, 4) is 5.75 Å². The Balaban J connectivity index is 2.05. The van der Waals surface area contributed by atoms with Crippen LogP contribution in [-0.2, 0) is 6.61 Å². The quantitative estimate of drug-likeness (QED) is 0.906. The number of hydrogen-bond acceptors (Lipinski definition) is 2. The smallest absolute Gasteiger partial charge is 0.165 e. The molecule has 2 aromatic carbocycles. The van der Waals surface area contributed by atoms with Gasteiger partial charge in [-0.25, -0.2) is 4.39 Å². The zero-order valence-corrected chi connectivity index (χ0v) is 11.1. The summed E-state index contributed by atoms with van der Waals surface area (Å²) in [5, 5.41) is 9.37. The number of benzene rings is 2. The van der Waals surface area contributed by atoms with Gasteiger partial charge in [0.2, 0.25) is 0 Å². The van der Waals surface area contributed by atoms with Gasteiger partial charge in [-0.05, 0) is 37.1 Å². The third-order valence-corrected chi connectivity index (χ3v) is 2.95. The molecule has 100 valence electrons. The summed E-state index contributed by atoms with van der Waals surface area (Å²) in [4.78, 5) is 0. The number of ether oxygens (including phenoxy) is 1. The molecule has 0 heterocycles. The molecule has 2 aromatic rings. The molecule has 0 aliphatic heterocycles. The maximum Gasteiger partial charge on any atom is 0.165 e. The Hall–Kier alpha value is -1.87. The van der Waals surface area contributed by atoms with Crippen LogP contribution in [0, 0.1) is 12.7 Å². The SMILES string of the molecule is Cc1ccc(COc2ccc([C@H](C)O)cc2F)cc1. The van der Waals surface area contributed by atoms with Crippen molar-refractivity contribution in [1.82, 2.24) is 0 Å². The van der Waals surface area contributed by atoms with Gasteiger partial charge in [0, 0.05) is 0 Å². The van der Waals surface area contributed by atoms with Crippen LogP contribution >= 0.6 is 0 Å². The highest BCUT2D eigenvalue weighted by atomic mass is 19.1. The number of halogens is 1. The molecule has 0 spiro atoms. The summed E-state index contributed by atoms with van der Waals surface area (Å²) in [6, 6.07) is 12.4. The van der Waals surface area contributed by atoms with Gasteiger partial charge in [-0.1, -0.05) is 35.9 Å².